The molecule has 152 valence electrons. The summed E-state index contributed by atoms with van der Waals surface area (Å²) in [5.41, 5.74) is 1.78. The molecule has 0 atom stereocenters. The Bertz CT molecular complexity index is 761. The van der Waals surface area contributed by atoms with E-state index < -0.39 is 0 Å². The molecule has 0 heterocycles. The molecule has 0 bridgehead atoms. The molecule has 0 unspecified atom stereocenters. The van der Waals surface area contributed by atoms with Gasteiger partial charge in [0.05, 0.1) is 6.61 Å². The smallest absolute Gasteiger partial charge is 0.262 e. The fourth-order valence-electron chi connectivity index (χ4n) is 2.82. The largest absolute Gasteiger partial charge is 0.494 e. The van der Waals surface area contributed by atoms with Crippen molar-refractivity contribution in [2.45, 2.75) is 52.4 Å². The maximum atomic E-state index is 12.3. The van der Waals surface area contributed by atoms with Gasteiger partial charge in [-0.05, 0) is 48.2 Å². The number of rotatable bonds is 11. The molecule has 4 nitrogen and oxygen atoms in total. The van der Waals surface area contributed by atoms with Crippen molar-refractivity contribution in [3.05, 3.63) is 52.5 Å². The molecule has 2 aromatic carbocycles. The summed E-state index contributed by atoms with van der Waals surface area (Å²) in [5.74, 6) is 1.61. The van der Waals surface area contributed by atoms with E-state index in [-0.39, 0.29) is 12.5 Å². The van der Waals surface area contributed by atoms with Gasteiger partial charge in [-0.15, -0.1) is 0 Å². The Hall–Kier alpha value is -2.01. The third-order valence-corrected chi connectivity index (χ3v) is 4.83. The Kier molecular flexibility index (Phi) is 9.35. The van der Waals surface area contributed by atoms with Crippen molar-refractivity contribution in [2.75, 3.05) is 18.5 Å². The zero-order valence-corrected chi connectivity index (χ0v) is 18.6. The summed E-state index contributed by atoms with van der Waals surface area (Å²) >= 11 is 3.48. The molecule has 0 fully saturated rings. The number of amides is 1. The van der Waals surface area contributed by atoms with Gasteiger partial charge >= 0.3 is 0 Å². The summed E-state index contributed by atoms with van der Waals surface area (Å²) in [7, 11) is 0. The number of hydrogen-bond donors (Lipinski definition) is 1. The predicted molar refractivity (Wildman–Crippen MR) is 118 cm³/mol. The first-order valence-electron chi connectivity index (χ1n) is 9.94. The zero-order valence-electron chi connectivity index (χ0n) is 17.0. The van der Waals surface area contributed by atoms with Crippen molar-refractivity contribution in [2.24, 2.45) is 0 Å². The van der Waals surface area contributed by atoms with Crippen molar-refractivity contribution in [1.82, 2.24) is 0 Å². The number of carbonyl (C=O) groups is 1. The van der Waals surface area contributed by atoms with E-state index in [0.29, 0.717) is 18.2 Å². The Balaban J connectivity index is 1.86. The number of hydrogen-bond acceptors (Lipinski definition) is 3. The van der Waals surface area contributed by atoms with Gasteiger partial charge in [0, 0.05) is 16.2 Å². The molecule has 2 aromatic rings. The van der Waals surface area contributed by atoms with Gasteiger partial charge in [-0.1, -0.05) is 62.0 Å². The van der Waals surface area contributed by atoms with Crippen LogP contribution in [0.2, 0.25) is 0 Å². The van der Waals surface area contributed by atoms with Crippen LogP contribution in [0.4, 0.5) is 5.69 Å². The topological polar surface area (TPSA) is 47.6 Å². The molecular weight excluding hydrogens is 418 g/mol. The third kappa shape index (κ3) is 7.55. The van der Waals surface area contributed by atoms with Gasteiger partial charge in [-0.2, -0.15) is 0 Å². The van der Waals surface area contributed by atoms with Crippen LogP contribution in [0, 0.1) is 0 Å². The molecule has 0 aromatic heterocycles. The van der Waals surface area contributed by atoms with E-state index >= 15 is 0 Å². The van der Waals surface area contributed by atoms with E-state index in [9.17, 15) is 4.79 Å². The van der Waals surface area contributed by atoms with Gasteiger partial charge in [0.15, 0.2) is 6.61 Å². The van der Waals surface area contributed by atoms with Crippen molar-refractivity contribution < 1.29 is 14.3 Å². The van der Waals surface area contributed by atoms with Crippen molar-refractivity contribution >= 4 is 27.5 Å². The summed E-state index contributed by atoms with van der Waals surface area (Å²) in [6.07, 6.45) is 4.67. The Morgan fingerprint density at radius 2 is 1.89 bits per heavy atom. The minimum atomic E-state index is -0.197. The minimum absolute atomic E-state index is 0.0382. The van der Waals surface area contributed by atoms with E-state index in [2.05, 4.69) is 42.0 Å². The van der Waals surface area contributed by atoms with Gasteiger partial charge in [-0.25, -0.2) is 0 Å². The summed E-state index contributed by atoms with van der Waals surface area (Å²) < 4.78 is 12.5. The number of ether oxygens (including phenoxy) is 2. The van der Waals surface area contributed by atoms with Crippen LogP contribution in [0.3, 0.4) is 0 Å². The van der Waals surface area contributed by atoms with E-state index in [1.165, 1.54) is 19.3 Å². The molecule has 5 heteroatoms. The normalized spacial score (nSPS) is 10.8. The average molecular weight is 448 g/mol. The number of unbranched alkanes of at least 4 members (excludes halogenated alkanes) is 3. The van der Waals surface area contributed by atoms with Crippen molar-refractivity contribution in [3.8, 4) is 11.5 Å². The highest BCUT2D eigenvalue weighted by Crippen LogP contribution is 2.29. The predicted octanol–water partition coefficient (Wildman–Crippen LogP) is 6.55. The Morgan fingerprint density at radius 1 is 1.07 bits per heavy atom. The SMILES string of the molecule is CCCCCCOc1cccc(NC(=O)COc2ccc(Br)cc2C(C)C)c1. The summed E-state index contributed by atoms with van der Waals surface area (Å²) in [6, 6.07) is 13.3. The first-order chi connectivity index (χ1) is 13.5. The number of benzene rings is 2. The van der Waals surface area contributed by atoms with Crippen LogP contribution < -0.4 is 14.8 Å². The second-order valence-electron chi connectivity index (χ2n) is 7.11. The highest BCUT2D eigenvalue weighted by Gasteiger charge is 2.11. The second-order valence-corrected chi connectivity index (χ2v) is 8.03. The number of nitrogens with one attached hydrogen (secondary N) is 1. The van der Waals surface area contributed by atoms with Crippen LogP contribution >= 0.6 is 15.9 Å². The lowest BCUT2D eigenvalue weighted by Crippen LogP contribution is -2.20. The standard InChI is InChI=1S/C23H30BrNO3/c1-4-5-6-7-13-27-20-10-8-9-19(15-20)25-23(26)16-28-22-12-11-18(24)14-21(22)17(2)3/h8-12,14-15,17H,4-7,13,16H2,1-3H3,(H,25,26). The van der Waals surface area contributed by atoms with E-state index in [0.717, 1.165) is 28.0 Å². The van der Waals surface area contributed by atoms with Gasteiger partial charge in [0.25, 0.3) is 5.91 Å². The molecule has 0 saturated carbocycles. The van der Waals surface area contributed by atoms with Crippen LogP contribution in [0.25, 0.3) is 0 Å². The molecule has 0 aliphatic heterocycles. The number of halogens is 1. The van der Waals surface area contributed by atoms with Gasteiger partial charge < -0.3 is 14.8 Å². The number of anilines is 1. The molecule has 0 radical (unpaired) electrons. The van der Waals surface area contributed by atoms with Crippen LogP contribution in [-0.4, -0.2) is 19.1 Å². The lowest BCUT2D eigenvalue weighted by atomic mass is 10.0. The Labute approximate surface area is 176 Å². The highest BCUT2D eigenvalue weighted by atomic mass is 79.9. The van der Waals surface area contributed by atoms with Crippen molar-refractivity contribution in [1.29, 1.82) is 0 Å². The molecule has 0 aliphatic rings. The molecule has 2 rings (SSSR count). The monoisotopic (exact) mass is 447 g/mol. The fraction of sp³-hybridized carbons (Fsp3) is 0.435. The molecule has 0 spiro atoms. The summed E-state index contributed by atoms with van der Waals surface area (Å²) in [4.78, 5) is 12.3. The molecule has 0 aliphatic carbocycles. The van der Waals surface area contributed by atoms with E-state index in [1.807, 2.05) is 42.5 Å². The first-order valence-corrected chi connectivity index (χ1v) is 10.7. The fourth-order valence-corrected chi connectivity index (χ4v) is 3.20. The van der Waals surface area contributed by atoms with Gasteiger partial charge in [-0.3, -0.25) is 4.79 Å². The van der Waals surface area contributed by atoms with Crippen LogP contribution in [0.1, 0.15) is 57.9 Å². The van der Waals surface area contributed by atoms with Gasteiger partial charge in [0.2, 0.25) is 0 Å². The minimum Gasteiger partial charge on any atom is -0.494 e. The molecule has 0 saturated heterocycles. The Morgan fingerprint density at radius 3 is 2.64 bits per heavy atom. The molecule has 28 heavy (non-hydrogen) atoms. The van der Waals surface area contributed by atoms with Crippen LogP contribution in [0.15, 0.2) is 46.9 Å². The van der Waals surface area contributed by atoms with E-state index in [4.69, 9.17) is 9.47 Å². The quantitative estimate of drug-likeness (QED) is 0.397. The lowest BCUT2D eigenvalue weighted by Gasteiger charge is -2.14. The number of carbonyl (C=O) groups excluding carboxylic acids is 1. The maximum Gasteiger partial charge on any atom is 0.262 e. The third-order valence-electron chi connectivity index (χ3n) is 4.34. The maximum absolute atomic E-state index is 12.3. The first kappa shape index (κ1) is 22.3. The highest BCUT2D eigenvalue weighted by molar-refractivity contribution is 9.10. The zero-order chi connectivity index (χ0) is 20.4. The molecular formula is C23H30BrNO3. The van der Waals surface area contributed by atoms with E-state index in [1.54, 1.807) is 0 Å². The van der Waals surface area contributed by atoms with Crippen LogP contribution in [-0.2, 0) is 4.79 Å². The molecule has 1 N–H and O–H groups in total. The molecule has 1 amide bonds. The summed E-state index contributed by atoms with van der Waals surface area (Å²) in [5, 5.41) is 2.87. The summed E-state index contributed by atoms with van der Waals surface area (Å²) in [6.45, 7) is 7.05. The second kappa shape index (κ2) is 11.7. The lowest BCUT2D eigenvalue weighted by molar-refractivity contribution is -0.118. The van der Waals surface area contributed by atoms with Crippen molar-refractivity contribution in [3.63, 3.8) is 0 Å². The average Bonchev–Trinajstić information content (AvgIpc) is 2.67. The van der Waals surface area contributed by atoms with Gasteiger partial charge in [0.1, 0.15) is 11.5 Å². The van der Waals surface area contributed by atoms with Crippen LogP contribution in [0.5, 0.6) is 11.5 Å².